The lowest BCUT2D eigenvalue weighted by Gasteiger charge is -2.19. The van der Waals surface area contributed by atoms with Crippen LogP contribution in [0.4, 0.5) is 4.79 Å². The molecule has 0 aliphatic heterocycles. The summed E-state index contributed by atoms with van der Waals surface area (Å²) in [6, 6.07) is 0. The van der Waals surface area contributed by atoms with Gasteiger partial charge in [-0.1, -0.05) is 11.8 Å². The van der Waals surface area contributed by atoms with Crippen molar-refractivity contribution in [3.8, 4) is 0 Å². The Balaban J connectivity index is 3.76. The van der Waals surface area contributed by atoms with Crippen LogP contribution in [0.2, 0.25) is 0 Å². The molecule has 0 rings (SSSR count). The fourth-order valence-corrected chi connectivity index (χ4v) is 1.11. The molecule has 0 bridgehead atoms. The number of amides is 1. The van der Waals surface area contributed by atoms with Crippen LogP contribution < -0.4 is 5.32 Å². The third-order valence-corrected chi connectivity index (χ3v) is 1.99. The van der Waals surface area contributed by atoms with Crippen molar-refractivity contribution in [2.75, 3.05) is 12.3 Å². The molecule has 2 N–H and O–H groups in total. The van der Waals surface area contributed by atoms with Crippen molar-refractivity contribution < 1.29 is 24.2 Å². The number of hydrogen-bond acceptors (Lipinski definition) is 5. The van der Waals surface area contributed by atoms with Crippen LogP contribution >= 0.6 is 11.8 Å². The van der Waals surface area contributed by atoms with Gasteiger partial charge in [0.1, 0.15) is 5.60 Å². The molecule has 0 radical (unpaired) electrons. The van der Waals surface area contributed by atoms with Crippen molar-refractivity contribution in [2.45, 2.75) is 26.4 Å². The highest BCUT2D eigenvalue weighted by atomic mass is 32.2. The number of thioether (sulfide) groups is 1. The highest BCUT2D eigenvalue weighted by Gasteiger charge is 2.16. The van der Waals surface area contributed by atoms with Gasteiger partial charge >= 0.3 is 12.1 Å². The predicted molar refractivity (Wildman–Crippen MR) is 59.3 cm³/mol. The van der Waals surface area contributed by atoms with Crippen LogP contribution in [0, 0.1) is 0 Å². The molecule has 0 spiro atoms. The molecule has 0 aromatic rings. The molecule has 16 heavy (non-hydrogen) atoms. The van der Waals surface area contributed by atoms with Crippen molar-refractivity contribution in [3.63, 3.8) is 0 Å². The van der Waals surface area contributed by atoms with Crippen LogP contribution in [0.15, 0.2) is 0 Å². The van der Waals surface area contributed by atoms with Crippen LogP contribution in [-0.2, 0) is 14.3 Å². The second-order valence-corrected chi connectivity index (χ2v) is 4.94. The Kier molecular flexibility index (Phi) is 5.87. The third-order valence-electron chi connectivity index (χ3n) is 1.13. The first-order valence-corrected chi connectivity index (χ1v) is 5.53. The fraction of sp³-hybridized carbons (Fsp3) is 0.667. The first-order chi connectivity index (χ1) is 7.20. The molecule has 0 saturated heterocycles. The molecular formula is C9H15NO5S. The normalized spacial score (nSPS) is 10.7. The smallest absolute Gasteiger partial charge is 0.408 e. The lowest BCUT2D eigenvalue weighted by molar-refractivity contribution is -0.134. The zero-order chi connectivity index (χ0) is 12.8. The number of carbonyl (C=O) groups excluding carboxylic acids is 2. The number of rotatable bonds is 4. The summed E-state index contributed by atoms with van der Waals surface area (Å²) < 4.78 is 4.89. The molecule has 1 amide bonds. The minimum absolute atomic E-state index is 0.243. The average Bonchev–Trinajstić information content (AvgIpc) is 2.08. The minimum atomic E-state index is -1.07. The minimum Gasteiger partial charge on any atom is -0.481 e. The molecule has 0 heterocycles. The van der Waals surface area contributed by atoms with Crippen molar-refractivity contribution in [1.82, 2.24) is 5.32 Å². The van der Waals surface area contributed by atoms with E-state index in [1.807, 2.05) is 0 Å². The van der Waals surface area contributed by atoms with Gasteiger partial charge in [0.05, 0.1) is 12.3 Å². The quantitative estimate of drug-likeness (QED) is 0.767. The van der Waals surface area contributed by atoms with E-state index in [0.29, 0.717) is 11.8 Å². The standard InChI is InChI=1S/C9H15NO5S/c1-9(2,3)15-8(14)10-4-7(13)16-5-6(11)12/h4-5H2,1-3H3,(H,10,14)(H,11,12). The molecule has 0 saturated carbocycles. The Morgan fingerprint density at radius 1 is 1.31 bits per heavy atom. The Hall–Kier alpha value is -1.24. The first kappa shape index (κ1) is 14.8. The lowest BCUT2D eigenvalue weighted by atomic mass is 10.2. The van der Waals surface area contributed by atoms with Crippen molar-refractivity contribution in [2.24, 2.45) is 0 Å². The summed E-state index contributed by atoms with van der Waals surface area (Å²) in [5, 5.41) is 10.1. The summed E-state index contributed by atoms with van der Waals surface area (Å²) in [7, 11) is 0. The molecule has 0 aromatic carbocycles. The predicted octanol–water partition coefficient (Wildman–Crippen LogP) is 0.855. The maximum atomic E-state index is 11.1. The van der Waals surface area contributed by atoms with E-state index in [1.54, 1.807) is 20.8 Å². The van der Waals surface area contributed by atoms with Gasteiger partial charge < -0.3 is 15.2 Å². The van der Waals surface area contributed by atoms with Gasteiger partial charge in [0.15, 0.2) is 0 Å². The SMILES string of the molecule is CC(C)(C)OC(=O)NCC(=O)SCC(=O)O. The van der Waals surface area contributed by atoms with E-state index in [0.717, 1.165) is 0 Å². The number of carboxylic acids is 1. The van der Waals surface area contributed by atoms with Crippen molar-refractivity contribution in [1.29, 1.82) is 0 Å². The van der Waals surface area contributed by atoms with Gasteiger partial charge in [-0.15, -0.1) is 0 Å². The van der Waals surface area contributed by atoms with Gasteiger partial charge in [0.2, 0.25) is 5.12 Å². The number of carboxylic acid groups (broad SMARTS) is 1. The Bertz CT molecular complexity index is 284. The van der Waals surface area contributed by atoms with Gasteiger partial charge in [0, 0.05) is 0 Å². The average molecular weight is 249 g/mol. The summed E-state index contributed by atoms with van der Waals surface area (Å²) in [5.41, 5.74) is -0.624. The van der Waals surface area contributed by atoms with E-state index in [2.05, 4.69) is 5.32 Å². The summed E-state index contributed by atoms with van der Waals surface area (Å²) >= 11 is 0.636. The lowest BCUT2D eigenvalue weighted by Crippen LogP contribution is -2.35. The Morgan fingerprint density at radius 2 is 1.88 bits per heavy atom. The van der Waals surface area contributed by atoms with Crippen LogP contribution in [0.5, 0.6) is 0 Å². The highest BCUT2D eigenvalue weighted by molar-refractivity contribution is 8.14. The topological polar surface area (TPSA) is 92.7 Å². The molecule has 0 aliphatic rings. The molecule has 0 aliphatic carbocycles. The number of nitrogens with one attached hydrogen (secondary N) is 1. The monoisotopic (exact) mass is 249 g/mol. The Morgan fingerprint density at radius 3 is 2.31 bits per heavy atom. The molecule has 92 valence electrons. The van der Waals surface area contributed by atoms with Crippen molar-refractivity contribution in [3.05, 3.63) is 0 Å². The molecular weight excluding hydrogens is 234 g/mol. The van der Waals surface area contributed by atoms with E-state index in [1.165, 1.54) is 0 Å². The van der Waals surface area contributed by atoms with Crippen LogP contribution in [0.25, 0.3) is 0 Å². The van der Waals surface area contributed by atoms with E-state index < -0.39 is 22.8 Å². The summed E-state index contributed by atoms with van der Waals surface area (Å²) in [5.74, 6) is -1.38. The van der Waals surface area contributed by atoms with Crippen LogP contribution in [0.1, 0.15) is 20.8 Å². The summed E-state index contributed by atoms with van der Waals surface area (Å²) in [6.45, 7) is 4.86. The van der Waals surface area contributed by atoms with Crippen LogP contribution in [0.3, 0.4) is 0 Å². The summed E-state index contributed by atoms with van der Waals surface area (Å²) in [6.07, 6.45) is -0.697. The molecule has 6 nitrogen and oxygen atoms in total. The molecule has 0 fully saturated rings. The number of aliphatic carboxylic acids is 1. The van der Waals surface area contributed by atoms with Crippen molar-refractivity contribution >= 4 is 28.9 Å². The third kappa shape index (κ3) is 9.32. The van der Waals surface area contributed by atoms with Gasteiger partial charge in [-0.2, -0.15) is 0 Å². The van der Waals surface area contributed by atoms with Crippen LogP contribution in [-0.4, -0.2) is 40.2 Å². The first-order valence-electron chi connectivity index (χ1n) is 4.55. The molecule has 0 atom stereocenters. The zero-order valence-electron chi connectivity index (χ0n) is 9.40. The van der Waals surface area contributed by atoms with Gasteiger partial charge in [-0.05, 0) is 20.8 Å². The van der Waals surface area contributed by atoms with E-state index >= 15 is 0 Å². The summed E-state index contributed by atoms with van der Waals surface area (Å²) in [4.78, 5) is 32.3. The largest absolute Gasteiger partial charge is 0.481 e. The molecule has 0 aromatic heterocycles. The molecule has 0 unspecified atom stereocenters. The number of alkyl carbamates (subject to hydrolysis) is 1. The van der Waals surface area contributed by atoms with E-state index in [9.17, 15) is 14.4 Å². The number of ether oxygens (including phenoxy) is 1. The fourth-order valence-electron chi connectivity index (χ4n) is 0.652. The Labute approximate surface area is 97.7 Å². The zero-order valence-corrected chi connectivity index (χ0v) is 10.2. The second-order valence-electron chi connectivity index (χ2n) is 3.91. The number of carbonyl (C=O) groups is 3. The van der Waals surface area contributed by atoms with E-state index in [4.69, 9.17) is 9.84 Å². The van der Waals surface area contributed by atoms with E-state index in [-0.39, 0.29) is 12.3 Å². The van der Waals surface area contributed by atoms with Gasteiger partial charge in [-0.3, -0.25) is 9.59 Å². The number of hydrogen-bond donors (Lipinski definition) is 2. The van der Waals surface area contributed by atoms with Gasteiger partial charge in [0.25, 0.3) is 0 Å². The maximum absolute atomic E-state index is 11.1. The molecule has 7 heteroatoms. The maximum Gasteiger partial charge on any atom is 0.408 e. The highest BCUT2D eigenvalue weighted by Crippen LogP contribution is 2.06. The second kappa shape index (κ2) is 6.37. The van der Waals surface area contributed by atoms with Gasteiger partial charge in [-0.25, -0.2) is 4.79 Å².